The maximum Gasteiger partial charge on any atom is 0.253 e. The molecular weight excluding hydrogens is 380 g/mol. The van der Waals surface area contributed by atoms with Gasteiger partial charge in [-0.3, -0.25) is 4.79 Å². The summed E-state index contributed by atoms with van der Waals surface area (Å²) in [6.45, 7) is 0.817. The molecule has 0 spiro atoms. The van der Waals surface area contributed by atoms with Crippen molar-refractivity contribution in [3.8, 4) is 22.8 Å². The van der Waals surface area contributed by atoms with Crippen molar-refractivity contribution in [1.29, 1.82) is 0 Å². The maximum absolute atomic E-state index is 13.1. The molecular formula is C24H20N2O4. The Bertz CT molecular complexity index is 1200. The first-order chi connectivity index (χ1) is 14.7. The van der Waals surface area contributed by atoms with Crippen LogP contribution in [0.4, 0.5) is 0 Å². The summed E-state index contributed by atoms with van der Waals surface area (Å²) in [5.74, 6) is 1.99. The molecule has 0 N–H and O–H groups in total. The van der Waals surface area contributed by atoms with Gasteiger partial charge in [0.2, 0.25) is 0 Å². The number of para-hydroxylation sites is 2. The Kier molecular flexibility index (Phi) is 4.59. The Hall–Kier alpha value is -3.80. The molecule has 0 aliphatic carbocycles. The lowest BCUT2D eigenvalue weighted by Crippen LogP contribution is -2.41. The van der Waals surface area contributed by atoms with Gasteiger partial charge in [0.1, 0.15) is 12.1 Å². The molecule has 2 heterocycles. The van der Waals surface area contributed by atoms with Crippen LogP contribution in [0.15, 0.2) is 77.3 Å². The summed E-state index contributed by atoms with van der Waals surface area (Å²) in [4.78, 5) is 14.7. The number of amides is 1. The Morgan fingerprint density at radius 3 is 2.63 bits per heavy atom. The standard InChI is InChI=1S/C24H20N2O4/c1-26(14-18-15-28-21-9-5-6-10-22(21)29-18)24(27)17-11-12-20-19(13-17)23(30-25-20)16-7-3-2-4-8-16/h2-13,18H,14-15H2,1H3/t18-/m1/s1. The van der Waals surface area contributed by atoms with Gasteiger partial charge in [-0.1, -0.05) is 47.6 Å². The van der Waals surface area contributed by atoms with Crippen molar-refractivity contribution in [1.82, 2.24) is 10.1 Å². The highest BCUT2D eigenvalue weighted by Gasteiger charge is 2.24. The predicted molar refractivity (Wildman–Crippen MR) is 113 cm³/mol. The van der Waals surface area contributed by atoms with Crippen LogP contribution >= 0.6 is 0 Å². The Morgan fingerprint density at radius 1 is 1.03 bits per heavy atom. The molecule has 1 aliphatic rings. The van der Waals surface area contributed by atoms with Crippen LogP contribution in [-0.4, -0.2) is 42.3 Å². The number of hydrogen-bond acceptors (Lipinski definition) is 5. The zero-order chi connectivity index (χ0) is 20.5. The van der Waals surface area contributed by atoms with E-state index in [1.54, 1.807) is 18.0 Å². The molecule has 6 heteroatoms. The van der Waals surface area contributed by atoms with E-state index < -0.39 is 0 Å². The van der Waals surface area contributed by atoms with Crippen LogP contribution < -0.4 is 9.47 Å². The summed E-state index contributed by atoms with van der Waals surface area (Å²) in [6, 6.07) is 22.7. The van der Waals surface area contributed by atoms with Crippen LogP contribution in [0.3, 0.4) is 0 Å². The monoisotopic (exact) mass is 400 g/mol. The number of carbonyl (C=O) groups excluding carboxylic acids is 1. The van der Waals surface area contributed by atoms with Crippen molar-refractivity contribution < 1.29 is 18.8 Å². The minimum absolute atomic E-state index is 0.0976. The highest BCUT2D eigenvalue weighted by Crippen LogP contribution is 2.32. The number of likely N-dealkylation sites (N-methyl/N-ethyl adjacent to an activating group) is 1. The fraction of sp³-hybridized carbons (Fsp3) is 0.167. The third kappa shape index (κ3) is 3.37. The van der Waals surface area contributed by atoms with Crippen LogP contribution in [0, 0.1) is 0 Å². The quantitative estimate of drug-likeness (QED) is 0.508. The van der Waals surface area contributed by atoms with E-state index in [1.165, 1.54) is 0 Å². The van der Waals surface area contributed by atoms with E-state index in [2.05, 4.69) is 5.16 Å². The van der Waals surface area contributed by atoms with Gasteiger partial charge in [0.25, 0.3) is 5.91 Å². The van der Waals surface area contributed by atoms with Gasteiger partial charge in [0.05, 0.1) is 11.9 Å². The molecule has 0 bridgehead atoms. The number of ether oxygens (including phenoxy) is 2. The van der Waals surface area contributed by atoms with Gasteiger partial charge in [0.15, 0.2) is 23.4 Å². The van der Waals surface area contributed by atoms with Crippen molar-refractivity contribution in [2.24, 2.45) is 0 Å². The molecule has 5 rings (SSSR count). The lowest BCUT2D eigenvalue weighted by atomic mass is 10.1. The second-order valence-electron chi connectivity index (χ2n) is 7.29. The summed E-state index contributed by atoms with van der Waals surface area (Å²) in [5, 5.41) is 4.93. The predicted octanol–water partition coefficient (Wildman–Crippen LogP) is 4.41. The van der Waals surface area contributed by atoms with Crippen LogP contribution in [0.5, 0.6) is 11.5 Å². The second-order valence-corrected chi connectivity index (χ2v) is 7.29. The number of benzene rings is 3. The summed E-state index contributed by atoms with van der Waals surface area (Å²) in [7, 11) is 1.77. The number of nitrogens with zero attached hydrogens (tertiary/aromatic N) is 2. The third-order valence-corrected chi connectivity index (χ3v) is 5.15. The van der Waals surface area contributed by atoms with Crippen LogP contribution in [-0.2, 0) is 0 Å². The molecule has 0 unspecified atom stereocenters. The summed E-state index contributed by atoms with van der Waals surface area (Å²) in [6.07, 6.45) is -0.229. The molecule has 150 valence electrons. The van der Waals surface area contributed by atoms with Gasteiger partial charge in [0, 0.05) is 18.2 Å². The summed E-state index contributed by atoms with van der Waals surface area (Å²) in [5.41, 5.74) is 2.21. The molecule has 0 saturated carbocycles. The minimum atomic E-state index is -0.229. The molecule has 1 atom stereocenters. The Labute approximate surface area is 173 Å². The van der Waals surface area contributed by atoms with Gasteiger partial charge in [-0.15, -0.1) is 0 Å². The second kappa shape index (κ2) is 7.55. The topological polar surface area (TPSA) is 64.8 Å². The molecule has 1 amide bonds. The average molecular weight is 400 g/mol. The van der Waals surface area contributed by atoms with Gasteiger partial charge in [-0.2, -0.15) is 0 Å². The van der Waals surface area contributed by atoms with Crippen LogP contribution in [0.1, 0.15) is 10.4 Å². The molecule has 3 aromatic carbocycles. The van der Waals surface area contributed by atoms with E-state index in [-0.39, 0.29) is 12.0 Å². The van der Waals surface area contributed by atoms with E-state index in [1.807, 2.05) is 66.7 Å². The lowest BCUT2D eigenvalue weighted by Gasteiger charge is -2.29. The largest absolute Gasteiger partial charge is 0.486 e. The Morgan fingerprint density at radius 2 is 1.80 bits per heavy atom. The first-order valence-corrected chi connectivity index (χ1v) is 9.78. The third-order valence-electron chi connectivity index (χ3n) is 5.15. The van der Waals surface area contributed by atoms with Gasteiger partial charge in [-0.25, -0.2) is 0 Å². The molecule has 1 aromatic heterocycles. The highest BCUT2D eigenvalue weighted by atomic mass is 16.6. The summed E-state index contributed by atoms with van der Waals surface area (Å²) >= 11 is 0. The SMILES string of the molecule is CN(C[C@@H]1COc2ccccc2O1)C(=O)c1ccc2noc(-c3ccccc3)c2c1. The smallest absolute Gasteiger partial charge is 0.253 e. The van der Waals surface area contributed by atoms with E-state index >= 15 is 0 Å². The van der Waals surface area contributed by atoms with Crippen LogP contribution in [0.25, 0.3) is 22.2 Å². The maximum atomic E-state index is 13.1. The van der Waals surface area contributed by atoms with Crippen molar-refractivity contribution in [2.75, 3.05) is 20.2 Å². The zero-order valence-electron chi connectivity index (χ0n) is 16.4. The number of hydrogen-bond donors (Lipinski definition) is 0. The normalized spacial score (nSPS) is 15.2. The van der Waals surface area contributed by atoms with E-state index in [4.69, 9.17) is 14.0 Å². The molecule has 6 nitrogen and oxygen atoms in total. The van der Waals surface area contributed by atoms with Gasteiger partial charge >= 0.3 is 0 Å². The molecule has 0 radical (unpaired) electrons. The van der Waals surface area contributed by atoms with Gasteiger partial charge < -0.3 is 18.9 Å². The minimum Gasteiger partial charge on any atom is -0.486 e. The highest BCUT2D eigenvalue weighted by molar-refractivity contribution is 6.00. The van der Waals surface area contributed by atoms with E-state index in [0.29, 0.717) is 35.7 Å². The average Bonchev–Trinajstić information content (AvgIpc) is 3.22. The molecule has 0 saturated heterocycles. The first-order valence-electron chi connectivity index (χ1n) is 9.78. The van der Waals surface area contributed by atoms with Crippen molar-refractivity contribution in [3.63, 3.8) is 0 Å². The van der Waals surface area contributed by atoms with Crippen molar-refractivity contribution in [2.45, 2.75) is 6.10 Å². The number of aromatic nitrogens is 1. The van der Waals surface area contributed by atoms with Crippen LogP contribution in [0.2, 0.25) is 0 Å². The fourth-order valence-electron chi connectivity index (χ4n) is 3.63. The van der Waals surface area contributed by atoms with E-state index in [9.17, 15) is 4.79 Å². The fourth-order valence-corrected chi connectivity index (χ4v) is 3.63. The van der Waals surface area contributed by atoms with Gasteiger partial charge in [-0.05, 0) is 30.3 Å². The van der Waals surface area contributed by atoms with Crippen molar-refractivity contribution >= 4 is 16.8 Å². The lowest BCUT2D eigenvalue weighted by molar-refractivity contribution is 0.0521. The number of fused-ring (bicyclic) bond motifs is 2. The first kappa shape index (κ1) is 18.2. The molecule has 0 fully saturated rings. The van der Waals surface area contributed by atoms with Crippen molar-refractivity contribution in [3.05, 3.63) is 78.4 Å². The zero-order valence-corrected chi connectivity index (χ0v) is 16.4. The molecule has 4 aromatic rings. The molecule has 1 aliphatic heterocycles. The summed E-state index contributed by atoms with van der Waals surface area (Å²) < 4.78 is 17.3. The Balaban J connectivity index is 1.35. The van der Waals surface area contributed by atoms with E-state index in [0.717, 1.165) is 16.7 Å². The molecule has 30 heavy (non-hydrogen) atoms. The number of carbonyl (C=O) groups is 1. The number of rotatable bonds is 4.